The van der Waals surface area contributed by atoms with E-state index in [9.17, 15) is 0 Å². The molecular weight excluding hydrogens is 394 g/mol. The first kappa shape index (κ1) is 20.0. The molecule has 0 aliphatic rings. The molecule has 0 radical (unpaired) electrons. The van der Waals surface area contributed by atoms with Crippen LogP contribution in [0.15, 0.2) is 78.0 Å². The van der Waals surface area contributed by atoms with Crippen molar-refractivity contribution < 1.29 is 9.47 Å². The van der Waals surface area contributed by atoms with Crippen LogP contribution in [0.5, 0.6) is 11.5 Å². The van der Waals surface area contributed by atoms with Gasteiger partial charge in [0.15, 0.2) is 11.0 Å². The molecule has 152 valence electrons. The average molecular weight is 418 g/mol. The molecule has 3 aromatic carbocycles. The van der Waals surface area contributed by atoms with Gasteiger partial charge in [-0.05, 0) is 60.5 Å². The van der Waals surface area contributed by atoms with E-state index in [0.29, 0.717) is 0 Å². The molecule has 0 aliphatic heterocycles. The maximum absolute atomic E-state index is 5.29. The van der Waals surface area contributed by atoms with Crippen molar-refractivity contribution in [3.8, 4) is 28.6 Å². The van der Waals surface area contributed by atoms with Gasteiger partial charge in [-0.2, -0.15) is 0 Å². The first-order valence-corrected chi connectivity index (χ1v) is 10.6. The highest BCUT2D eigenvalue weighted by atomic mass is 32.2. The van der Waals surface area contributed by atoms with Crippen LogP contribution >= 0.6 is 11.8 Å². The lowest BCUT2D eigenvalue weighted by molar-refractivity contribution is 0.414. The van der Waals surface area contributed by atoms with Crippen LogP contribution in [-0.4, -0.2) is 29.0 Å². The molecule has 0 amide bonds. The average Bonchev–Trinajstić information content (AvgIpc) is 3.22. The van der Waals surface area contributed by atoms with E-state index in [2.05, 4.69) is 46.0 Å². The second kappa shape index (κ2) is 9.05. The maximum atomic E-state index is 5.29. The molecule has 0 bridgehead atoms. The summed E-state index contributed by atoms with van der Waals surface area (Å²) < 4.78 is 12.7. The van der Waals surface area contributed by atoms with E-state index in [1.165, 1.54) is 11.1 Å². The third kappa shape index (κ3) is 4.19. The maximum Gasteiger partial charge on any atom is 0.196 e. The fourth-order valence-corrected chi connectivity index (χ4v) is 4.09. The van der Waals surface area contributed by atoms with Crippen molar-refractivity contribution in [3.63, 3.8) is 0 Å². The van der Waals surface area contributed by atoms with Gasteiger partial charge in [-0.15, -0.1) is 10.2 Å². The van der Waals surface area contributed by atoms with Crippen molar-refractivity contribution in [3.05, 3.63) is 83.9 Å². The Bertz CT molecular complexity index is 1120. The van der Waals surface area contributed by atoms with Crippen molar-refractivity contribution in [2.45, 2.75) is 17.8 Å². The zero-order chi connectivity index (χ0) is 20.9. The van der Waals surface area contributed by atoms with E-state index in [-0.39, 0.29) is 0 Å². The van der Waals surface area contributed by atoms with Gasteiger partial charge in [-0.3, -0.25) is 4.57 Å². The SMILES string of the molecule is COc1ccc(CSc2nnc(-c3ccc(OC)cc3)n2-c2ccccc2C)cc1. The Morgan fingerprint density at radius 3 is 2.07 bits per heavy atom. The van der Waals surface area contributed by atoms with Crippen LogP contribution in [0.25, 0.3) is 17.1 Å². The molecule has 0 N–H and O–H groups in total. The summed E-state index contributed by atoms with van der Waals surface area (Å²) in [5.41, 5.74) is 4.43. The number of aryl methyl sites for hydroxylation is 1. The van der Waals surface area contributed by atoms with Crippen LogP contribution in [0.3, 0.4) is 0 Å². The highest BCUT2D eigenvalue weighted by molar-refractivity contribution is 7.98. The molecule has 30 heavy (non-hydrogen) atoms. The van der Waals surface area contributed by atoms with Gasteiger partial charge < -0.3 is 9.47 Å². The fourth-order valence-electron chi connectivity index (χ4n) is 3.19. The Morgan fingerprint density at radius 2 is 1.43 bits per heavy atom. The van der Waals surface area contributed by atoms with Crippen molar-refractivity contribution >= 4 is 11.8 Å². The molecule has 5 nitrogen and oxygen atoms in total. The molecule has 4 aromatic rings. The van der Waals surface area contributed by atoms with Gasteiger partial charge in [0.25, 0.3) is 0 Å². The topological polar surface area (TPSA) is 49.2 Å². The summed E-state index contributed by atoms with van der Waals surface area (Å²) in [7, 11) is 3.34. The van der Waals surface area contributed by atoms with Gasteiger partial charge in [-0.1, -0.05) is 42.1 Å². The van der Waals surface area contributed by atoms with Gasteiger partial charge in [0.2, 0.25) is 0 Å². The van der Waals surface area contributed by atoms with Gasteiger partial charge in [0.05, 0.1) is 19.9 Å². The molecule has 0 spiro atoms. The smallest absolute Gasteiger partial charge is 0.196 e. The number of rotatable bonds is 7. The minimum absolute atomic E-state index is 0.788. The molecule has 4 rings (SSSR count). The van der Waals surface area contributed by atoms with Crippen LogP contribution in [-0.2, 0) is 5.75 Å². The number of hydrogen-bond acceptors (Lipinski definition) is 5. The van der Waals surface area contributed by atoms with E-state index in [0.717, 1.165) is 39.5 Å². The normalized spacial score (nSPS) is 10.8. The Morgan fingerprint density at radius 1 is 0.800 bits per heavy atom. The van der Waals surface area contributed by atoms with Gasteiger partial charge >= 0.3 is 0 Å². The van der Waals surface area contributed by atoms with Crippen LogP contribution < -0.4 is 9.47 Å². The molecule has 0 unspecified atom stereocenters. The van der Waals surface area contributed by atoms with Gasteiger partial charge in [0, 0.05) is 11.3 Å². The lowest BCUT2D eigenvalue weighted by Gasteiger charge is -2.13. The van der Waals surface area contributed by atoms with E-state index in [4.69, 9.17) is 9.47 Å². The Hall–Kier alpha value is -3.25. The van der Waals surface area contributed by atoms with E-state index >= 15 is 0 Å². The Kier molecular flexibility index (Phi) is 6.05. The third-order valence-corrected chi connectivity index (χ3v) is 5.87. The van der Waals surface area contributed by atoms with Gasteiger partial charge in [-0.25, -0.2) is 0 Å². The van der Waals surface area contributed by atoms with Crippen LogP contribution in [0, 0.1) is 6.92 Å². The third-order valence-electron chi connectivity index (χ3n) is 4.86. The zero-order valence-electron chi connectivity index (χ0n) is 17.2. The van der Waals surface area contributed by atoms with E-state index in [1.807, 2.05) is 48.5 Å². The number of ether oxygens (including phenoxy) is 2. The largest absolute Gasteiger partial charge is 0.497 e. The van der Waals surface area contributed by atoms with Crippen LogP contribution in [0.2, 0.25) is 0 Å². The van der Waals surface area contributed by atoms with E-state index < -0.39 is 0 Å². The second-order valence-corrected chi connectivity index (χ2v) is 7.74. The van der Waals surface area contributed by atoms with Crippen molar-refractivity contribution in [2.24, 2.45) is 0 Å². The predicted molar refractivity (Wildman–Crippen MR) is 121 cm³/mol. The standard InChI is InChI=1S/C24H23N3O2S/c1-17-6-4-5-7-22(17)27-23(19-10-14-21(29-3)15-11-19)25-26-24(27)30-16-18-8-12-20(28-2)13-9-18/h4-15H,16H2,1-3H3. The Balaban J connectivity index is 1.70. The molecule has 0 atom stereocenters. The number of thioether (sulfide) groups is 1. The fraction of sp³-hybridized carbons (Fsp3) is 0.167. The minimum atomic E-state index is 0.788. The summed E-state index contributed by atoms with van der Waals surface area (Å²) >= 11 is 1.66. The van der Waals surface area contributed by atoms with Crippen LogP contribution in [0.4, 0.5) is 0 Å². The number of benzene rings is 3. The quantitative estimate of drug-likeness (QED) is 0.369. The number of aromatic nitrogens is 3. The first-order valence-electron chi connectivity index (χ1n) is 9.61. The summed E-state index contributed by atoms with van der Waals surface area (Å²) in [5, 5.41) is 9.90. The summed E-state index contributed by atoms with van der Waals surface area (Å²) in [5.74, 6) is 3.27. The summed E-state index contributed by atoms with van der Waals surface area (Å²) in [6.45, 7) is 2.10. The first-order chi connectivity index (χ1) is 14.7. The Labute approximate surface area is 180 Å². The summed E-state index contributed by atoms with van der Waals surface area (Å²) in [4.78, 5) is 0. The number of nitrogens with zero attached hydrogens (tertiary/aromatic N) is 3. The predicted octanol–water partition coefficient (Wildman–Crippen LogP) is 5.55. The molecule has 0 fully saturated rings. The number of para-hydroxylation sites is 1. The molecule has 0 saturated heterocycles. The molecular formula is C24H23N3O2S. The summed E-state index contributed by atoms with van der Waals surface area (Å²) in [6.07, 6.45) is 0. The minimum Gasteiger partial charge on any atom is -0.497 e. The summed E-state index contributed by atoms with van der Waals surface area (Å²) in [6, 6.07) is 24.3. The monoisotopic (exact) mass is 417 g/mol. The van der Waals surface area contributed by atoms with Crippen molar-refractivity contribution in [1.82, 2.24) is 14.8 Å². The lowest BCUT2D eigenvalue weighted by atomic mass is 10.1. The van der Waals surface area contributed by atoms with Gasteiger partial charge in [0.1, 0.15) is 11.5 Å². The molecule has 0 aliphatic carbocycles. The molecule has 1 heterocycles. The number of methoxy groups -OCH3 is 2. The van der Waals surface area contributed by atoms with E-state index in [1.54, 1.807) is 26.0 Å². The number of hydrogen-bond donors (Lipinski definition) is 0. The highest BCUT2D eigenvalue weighted by Gasteiger charge is 2.17. The molecule has 6 heteroatoms. The van der Waals surface area contributed by atoms with Crippen LogP contribution in [0.1, 0.15) is 11.1 Å². The lowest BCUT2D eigenvalue weighted by Crippen LogP contribution is -2.02. The van der Waals surface area contributed by atoms with Crippen molar-refractivity contribution in [2.75, 3.05) is 14.2 Å². The van der Waals surface area contributed by atoms with Crippen molar-refractivity contribution in [1.29, 1.82) is 0 Å². The molecule has 0 saturated carbocycles. The zero-order valence-corrected chi connectivity index (χ0v) is 18.0. The second-order valence-electron chi connectivity index (χ2n) is 6.79. The highest BCUT2D eigenvalue weighted by Crippen LogP contribution is 2.31. The molecule has 1 aromatic heterocycles.